The summed E-state index contributed by atoms with van der Waals surface area (Å²) in [6.07, 6.45) is 8.62. The molecule has 0 fully saturated rings. The molecule has 3 aromatic carbocycles. The maximum atomic E-state index is 2.24. The Labute approximate surface area is 157 Å². The molecule has 0 aliphatic heterocycles. The van der Waals surface area contributed by atoms with E-state index in [0.717, 1.165) is 0 Å². The Morgan fingerprint density at radius 1 is 0.462 bits per heavy atom. The molecule has 0 atom stereocenters. The van der Waals surface area contributed by atoms with Crippen molar-refractivity contribution in [1.29, 1.82) is 0 Å². The fourth-order valence-corrected chi connectivity index (χ4v) is 2.76. The average molecular weight is 338 g/mol. The minimum Gasteiger partial charge on any atom is -0.0622 e. The third-order valence-electron chi connectivity index (χ3n) is 4.45. The second-order valence-electron chi connectivity index (χ2n) is 7.62. The zero-order valence-corrected chi connectivity index (χ0v) is 15.8. The predicted molar refractivity (Wildman–Crippen MR) is 116 cm³/mol. The Morgan fingerprint density at radius 3 is 1.19 bits per heavy atom. The third kappa shape index (κ3) is 5.07. The van der Waals surface area contributed by atoms with Gasteiger partial charge in [0.05, 0.1) is 0 Å². The minimum atomic E-state index is 0.200. The second-order valence-corrected chi connectivity index (χ2v) is 7.62. The fraction of sp³-hybridized carbons (Fsp3) is 0.154. The van der Waals surface area contributed by atoms with E-state index in [9.17, 15) is 0 Å². The minimum absolute atomic E-state index is 0.200. The smallest absolute Gasteiger partial charge is 0.0132 e. The molecular formula is C26H26. The molecule has 0 heteroatoms. The highest BCUT2D eigenvalue weighted by Crippen LogP contribution is 2.22. The molecular weight excluding hydrogens is 312 g/mol. The summed E-state index contributed by atoms with van der Waals surface area (Å²) in [5, 5.41) is 0. The van der Waals surface area contributed by atoms with Crippen LogP contribution in [0.2, 0.25) is 0 Å². The Hall–Kier alpha value is -2.86. The van der Waals surface area contributed by atoms with Crippen LogP contribution < -0.4 is 0 Å². The first-order valence-corrected chi connectivity index (χ1v) is 9.12. The molecule has 0 aromatic heterocycles. The van der Waals surface area contributed by atoms with Gasteiger partial charge in [0.25, 0.3) is 0 Å². The summed E-state index contributed by atoms with van der Waals surface area (Å²) in [6.45, 7) is 6.73. The van der Waals surface area contributed by atoms with Crippen molar-refractivity contribution in [2.45, 2.75) is 26.2 Å². The summed E-state index contributed by atoms with van der Waals surface area (Å²) in [7, 11) is 0. The lowest BCUT2D eigenvalue weighted by Crippen LogP contribution is -2.10. The van der Waals surface area contributed by atoms with Gasteiger partial charge in [-0.2, -0.15) is 0 Å². The highest BCUT2D eigenvalue weighted by molar-refractivity contribution is 5.73. The van der Waals surface area contributed by atoms with Gasteiger partial charge in [-0.1, -0.05) is 124 Å². The second kappa shape index (κ2) is 8.01. The molecule has 0 aliphatic rings. The van der Waals surface area contributed by atoms with Crippen molar-refractivity contribution in [3.8, 4) is 0 Å². The van der Waals surface area contributed by atoms with E-state index in [2.05, 4.69) is 118 Å². The van der Waals surface area contributed by atoms with Crippen LogP contribution in [0.3, 0.4) is 0 Å². The first-order valence-electron chi connectivity index (χ1n) is 9.12. The van der Waals surface area contributed by atoms with Crippen molar-refractivity contribution in [2.75, 3.05) is 0 Å². The Kier molecular flexibility index (Phi) is 5.53. The molecule has 130 valence electrons. The Bertz CT molecular complexity index is 872. The normalized spacial score (nSPS) is 12.1. The van der Waals surface area contributed by atoms with Crippen LogP contribution in [0.4, 0.5) is 0 Å². The van der Waals surface area contributed by atoms with Crippen LogP contribution in [-0.4, -0.2) is 0 Å². The summed E-state index contributed by atoms with van der Waals surface area (Å²) in [6, 6.07) is 27.8. The number of hydrogen-bond acceptors (Lipinski definition) is 0. The van der Waals surface area contributed by atoms with Crippen LogP contribution in [0.15, 0.2) is 78.9 Å². The maximum absolute atomic E-state index is 2.24. The SMILES string of the molecule is CC(C)(C)c1ccc(/C=C/c2ccc(/C=C/c3ccccc3)cc2)cc1. The van der Waals surface area contributed by atoms with Crippen molar-refractivity contribution in [1.82, 2.24) is 0 Å². The molecule has 0 amide bonds. The first-order chi connectivity index (χ1) is 12.5. The van der Waals surface area contributed by atoms with Gasteiger partial charge < -0.3 is 0 Å². The summed E-state index contributed by atoms with van der Waals surface area (Å²) < 4.78 is 0. The lowest BCUT2D eigenvalue weighted by molar-refractivity contribution is 0.590. The van der Waals surface area contributed by atoms with Crippen LogP contribution in [0.5, 0.6) is 0 Å². The van der Waals surface area contributed by atoms with Gasteiger partial charge in [-0.25, -0.2) is 0 Å². The highest BCUT2D eigenvalue weighted by atomic mass is 14.2. The summed E-state index contributed by atoms with van der Waals surface area (Å²) >= 11 is 0. The van der Waals surface area contributed by atoms with E-state index >= 15 is 0 Å². The first kappa shape index (κ1) is 17.9. The molecule has 3 rings (SSSR count). The van der Waals surface area contributed by atoms with E-state index in [1.807, 2.05) is 6.07 Å². The zero-order valence-electron chi connectivity index (χ0n) is 15.8. The van der Waals surface area contributed by atoms with Gasteiger partial charge in [-0.05, 0) is 33.2 Å². The highest BCUT2D eigenvalue weighted by Gasteiger charge is 2.12. The predicted octanol–water partition coefficient (Wildman–Crippen LogP) is 7.32. The number of rotatable bonds is 4. The maximum Gasteiger partial charge on any atom is -0.0132 e. The molecule has 0 heterocycles. The average Bonchev–Trinajstić information content (AvgIpc) is 2.66. The van der Waals surface area contributed by atoms with E-state index in [0.29, 0.717) is 0 Å². The topological polar surface area (TPSA) is 0 Å². The molecule has 0 unspecified atom stereocenters. The summed E-state index contributed by atoms with van der Waals surface area (Å²) in [4.78, 5) is 0. The van der Waals surface area contributed by atoms with E-state index in [1.165, 1.54) is 27.8 Å². The van der Waals surface area contributed by atoms with Gasteiger partial charge in [-0.15, -0.1) is 0 Å². The van der Waals surface area contributed by atoms with Crippen LogP contribution >= 0.6 is 0 Å². The molecule has 0 radical (unpaired) electrons. The zero-order chi connectivity index (χ0) is 18.4. The fourth-order valence-electron chi connectivity index (χ4n) is 2.76. The van der Waals surface area contributed by atoms with Gasteiger partial charge in [0.2, 0.25) is 0 Å². The van der Waals surface area contributed by atoms with Crippen LogP contribution in [0, 0.1) is 0 Å². The van der Waals surface area contributed by atoms with Gasteiger partial charge in [-0.3, -0.25) is 0 Å². The molecule has 0 N–H and O–H groups in total. The Balaban J connectivity index is 1.65. The molecule has 26 heavy (non-hydrogen) atoms. The standard InChI is InChI=1S/C26H26/c1-26(2,3)25-19-17-24(18-20-25)16-15-23-13-11-22(12-14-23)10-9-21-7-5-4-6-8-21/h4-20H,1-3H3/b10-9+,16-15+. The van der Waals surface area contributed by atoms with E-state index in [1.54, 1.807) is 0 Å². The molecule has 0 bridgehead atoms. The van der Waals surface area contributed by atoms with Gasteiger partial charge in [0, 0.05) is 0 Å². The van der Waals surface area contributed by atoms with Gasteiger partial charge >= 0.3 is 0 Å². The molecule has 0 spiro atoms. The van der Waals surface area contributed by atoms with E-state index in [4.69, 9.17) is 0 Å². The molecule has 0 nitrogen and oxygen atoms in total. The lowest BCUT2D eigenvalue weighted by atomic mass is 9.87. The van der Waals surface area contributed by atoms with Crippen LogP contribution in [-0.2, 0) is 5.41 Å². The molecule has 0 aliphatic carbocycles. The lowest BCUT2D eigenvalue weighted by Gasteiger charge is -2.18. The van der Waals surface area contributed by atoms with Crippen molar-refractivity contribution >= 4 is 24.3 Å². The monoisotopic (exact) mass is 338 g/mol. The number of hydrogen-bond donors (Lipinski definition) is 0. The summed E-state index contributed by atoms with van der Waals surface area (Å²) in [5.41, 5.74) is 6.43. The molecule has 0 saturated heterocycles. The summed E-state index contributed by atoms with van der Waals surface area (Å²) in [5.74, 6) is 0. The van der Waals surface area contributed by atoms with Crippen molar-refractivity contribution in [3.63, 3.8) is 0 Å². The van der Waals surface area contributed by atoms with E-state index < -0.39 is 0 Å². The van der Waals surface area contributed by atoms with E-state index in [-0.39, 0.29) is 5.41 Å². The van der Waals surface area contributed by atoms with Crippen LogP contribution in [0.25, 0.3) is 24.3 Å². The largest absolute Gasteiger partial charge is 0.0622 e. The van der Waals surface area contributed by atoms with Crippen molar-refractivity contribution in [3.05, 3.63) is 107 Å². The molecule has 3 aromatic rings. The van der Waals surface area contributed by atoms with Crippen molar-refractivity contribution < 1.29 is 0 Å². The van der Waals surface area contributed by atoms with Crippen LogP contribution in [0.1, 0.15) is 48.6 Å². The quantitative estimate of drug-likeness (QED) is 0.437. The van der Waals surface area contributed by atoms with Gasteiger partial charge in [0.15, 0.2) is 0 Å². The third-order valence-corrected chi connectivity index (χ3v) is 4.45. The Morgan fingerprint density at radius 2 is 0.808 bits per heavy atom. The molecule has 0 saturated carbocycles. The number of benzene rings is 3. The van der Waals surface area contributed by atoms with Gasteiger partial charge in [0.1, 0.15) is 0 Å². The van der Waals surface area contributed by atoms with Crippen molar-refractivity contribution in [2.24, 2.45) is 0 Å².